The normalized spacial score (nSPS) is 21.9. The summed E-state index contributed by atoms with van der Waals surface area (Å²) in [4.78, 5) is 13.9. The molecule has 1 aliphatic heterocycles. The Balaban J connectivity index is 1.26. The van der Waals surface area contributed by atoms with Crippen molar-refractivity contribution in [2.24, 2.45) is 5.92 Å². The highest BCUT2D eigenvalue weighted by molar-refractivity contribution is 6.36. The number of fused-ring (bicyclic) bond motifs is 1. The fraction of sp³-hybridized carbons (Fsp3) is 0.440. The number of imidazole rings is 1. The van der Waals surface area contributed by atoms with Gasteiger partial charge in [0.15, 0.2) is 11.5 Å². The number of aromatic nitrogens is 4. The number of nitrogens with one attached hydrogen (secondary N) is 5. The molecule has 3 fully saturated rings. The molecule has 192 valence electrons. The zero-order valence-corrected chi connectivity index (χ0v) is 21.2. The highest BCUT2D eigenvalue weighted by atomic mass is 35.5. The highest BCUT2D eigenvalue weighted by Crippen LogP contribution is 2.37. The third kappa shape index (κ3) is 4.64. The molecule has 0 amide bonds. The fourth-order valence-corrected chi connectivity index (χ4v) is 5.39. The minimum absolute atomic E-state index is 0.335. The average molecular weight is 520 g/mol. The maximum atomic E-state index is 7.90. The van der Waals surface area contributed by atoms with E-state index in [1.807, 2.05) is 12.1 Å². The zero-order valence-electron chi connectivity index (χ0n) is 20.4. The summed E-state index contributed by atoms with van der Waals surface area (Å²) >= 11 is 6.94. The van der Waals surface area contributed by atoms with Crippen molar-refractivity contribution in [1.29, 1.82) is 16.2 Å². The Kier molecular flexibility index (Phi) is 6.25. The second-order valence-corrected chi connectivity index (χ2v) is 10.4. The lowest BCUT2D eigenvalue weighted by Crippen LogP contribution is -2.54. The second-order valence-electron chi connectivity index (χ2n) is 10.0. The Labute approximate surface area is 219 Å². The Morgan fingerprint density at radius 2 is 1.81 bits per heavy atom. The molecule has 6 rings (SSSR count). The van der Waals surface area contributed by atoms with Gasteiger partial charge in [0.1, 0.15) is 5.69 Å². The summed E-state index contributed by atoms with van der Waals surface area (Å²) in [6, 6.07) is 4.73. The van der Waals surface area contributed by atoms with Gasteiger partial charge < -0.3 is 31.8 Å². The van der Waals surface area contributed by atoms with Gasteiger partial charge in [-0.15, -0.1) is 5.10 Å². The largest absolute Gasteiger partial charge is 0.368 e. The van der Waals surface area contributed by atoms with E-state index in [0.29, 0.717) is 51.8 Å². The molecule has 1 saturated heterocycles. The van der Waals surface area contributed by atoms with Gasteiger partial charge >= 0.3 is 0 Å². The van der Waals surface area contributed by atoms with Gasteiger partial charge in [-0.1, -0.05) is 11.6 Å². The van der Waals surface area contributed by atoms with Gasteiger partial charge in [-0.3, -0.25) is 4.90 Å². The van der Waals surface area contributed by atoms with Crippen LogP contribution in [-0.4, -0.2) is 81.4 Å². The van der Waals surface area contributed by atoms with Gasteiger partial charge in [0.25, 0.3) is 0 Å². The SMILES string of the molecule is N=Cc1cc(Nc2nc(NC3CC3)c3ncc(C=N)n3n2)c(Cl)c(N2CCN([C@H]3C[C@@H](C=N)C3)CC2)c1. The molecular formula is C25H30ClN11. The minimum Gasteiger partial charge on any atom is -0.368 e. The van der Waals surface area contributed by atoms with Crippen molar-refractivity contribution in [2.75, 3.05) is 41.7 Å². The van der Waals surface area contributed by atoms with E-state index in [1.54, 1.807) is 16.9 Å². The third-order valence-corrected chi connectivity index (χ3v) is 7.90. The smallest absolute Gasteiger partial charge is 0.247 e. The number of halogens is 1. The molecule has 0 bridgehead atoms. The summed E-state index contributed by atoms with van der Waals surface area (Å²) in [6.07, 6.45) is 10.1. The van der Waals surface area contributed by atoms with Gasteiger partial charge in [-0.25, -0.2) is 9.50 Å². The average Bonchev–Trinajstić information content (AvgIpc) is 3.61. The summed E-state index contributed by atoms with van der Waals surface area (Å²) < 4.78 is 1.60. The Bertz CT molecular complexity index is 1350. The number of nitrogens with zero attached hydrogens (tertiary/aromatic N) is 6. The molecule has 0 unspecified atom stereocenters. The maximum absolute atomic E-state index is 7.90. The van der Waals surface area contributed by atoms with Crippen LogP contribution in [0.2, 0.25) is 5.02 Å². The number of rotatable bonds is 9. The van der Waals surface area contributed by atoms with E-state index in [-0.39, 0.29) is 0 Å². The molecule has 3 aliphatic rings. The van der Waals surface area contributed by atoms with Crippen LogP contribution >= 0.6 is 11.6 Å². The van der Waals surface area contributed by atoms with Gasteiger partial charge in [0.05, 0.1) is 22.6 Å². The van der Waals surface area contributed by atoms with Crippen LogP contribution in [0.3, 0.4) is 0 Å². The van der Waals surface area contributed by atoms with Crippen LogP contribution in [0, 0.1) is 22.1 Å². The van der Waals surface area contributed by atoms with E-state index in [0.717, 1.165) is 63.1 Å². The predicted molar refractivity (Wildman–Crippen MR) is 147 cm³/mol. The molecule has 0 spiro atoms. The molecule has 2 saturated carbocycles. The van der Waals surface area contributed by atoms with E-state index in [9.17, 15) is 0 Å². The fourth-order valence-electron chi connectivity index (χ4n) is 5.12. The van der Waals surface area contributed by atoms with Gasteiger partial charge in [-0.2, -0.15) is 4.98 Å². The monoisotopic (exact) mass is 519 g/mol. The maximum Gasteiger partial charge on any atom is 0.247 e. The molecule has 3 aromatic rings. The van der Waals surface area contributed by atoms with Gasteiger partial charge in [0, 0.05) is 50.7 Å². The first-order valence-electron chi connectivity index (χ1n) is 12.7. The van der Waals surface area contributed by atoms with Gasteiger partial charge in [0.2, 0.25) is 5.95 Å². The Hall–Kier alpha value is -3.57. The van der Waals surface area contributed by atoms with Crippen molar-refractivity contribution in [3.8, 4) is 0 Å². The van der Waals surface area contributed by atoms with Crippen LogP contribution < -0.4 is 15.5 Å². The van der Waals surface area contributed by atoms with Crippen molar-refractivity contribution in [3.63, 3.8) is 0 Å². The number of anilines is 4. The summed E-state index contributed by atoms with van der Waals surface area (Å²) in [5.74, 6) is 1.39. The molecule has 11 nitrogen and oxygen atoms in total. The molecule has 2 aliphatic carbocycles. The standard InChI is InChI=1S/C25H30ClN11/c26-22-20(32-25-33-23(31-17-1-2-17)24-30-14-19(13-29)37(24)34-25)9-16(12-28)10-21(22)36-5-3-35(4-6-36)18-7-15(8-18)11-27/h9-15,17-18,27-29H,1-8H2,(H2,31,32,33,34)/t15-,18+. The van der Waals surface area contributed by atoms with Crippen LogP contribution in [0.4, 0.5) is 23.1 Å². The first kappa shape index (κ1) is 23.8. The molecule has 12 heteroatoms. The van der Waals surface area contributed by atoms with Crippen LogP contribution in [-0.2, 0) is 0 Å². The lowest BCUT2D eigenvalue weighted by Gasteiger charge is -2.46. The number of hydrogen-bond donors (Lipinski definition) is 5. The van der Waals surface area contributed by atoms with E-state index < -0.39 is 0 Å². The first-order valence-corrected chi connectivity index (χ1v) is 13.1. The Morgan fingerprint density at radius 1 is 1.03 bits per heavy atom. The number of piperazine rings is 1. The molecule has 5 N–H and O–H groups in total. The van der Waals surface area contributed by atoms with Gasteiger partial charge in [-0.05, 0) is 55.5 Å². The quantitative estimate of drug-likeness (QED) is 0.271. The molecular weight excluding hydrogens is 490 g/mol. The third-order valence-electron chi connectivity index (χ3n) is 7.50. The van der Waals surface area contributed by atoms with Crippen LogP contribution in [0.15, 0.2) is 18.3 Å². The van der Waals surface area contributed by atoms with Crippen LogP contribution in [0.1, 0.15) is 36.9 Å². The van der Waals surface area contributed by atoms with E-state index in [4.69, 9.17) is 27.8 Å². The van der Waals surface area contributed by atoms with Crippen molar-refractivity contribution in [3.05, 3.63) is 34.6 Å². The zero-order chi connectivity index (χ0) is 25.5. The van der Waals surface area contributed by atoms with Crippen molar-refractivity contribution < 1.29 is 0 Å². The minimum atomic E-state index is 0.335. The van der Waals surface area contributed by atoms with Crippen molar-refractivity contribution in [1.82, 2.24) is 24.5 Å². The summed E-state index contributed by atoms with van der Waals surface area (Å²) in [5, 5.41) is 34.9. The lowest BCUT2D eigenvalue weighted by atomic mass is 9.80. The molecule has 0 atom stereocenters. The van der Waals surface area contributed by atoms with Crippen LogP contribution in [0.5, 0.6) is 0 Å². The predicted octanol–water partition coefficient (Wildman–Crippen LogP) is 3.64. The molecule has 2 aromatic heterocycles. The number of hydrogen-bond acceptors (Lipinski definition) is 10. The summed E-state index contributed by atoms with van der Waals surface area (Å²) in [5.41, 5.74) is 3.37. The summed E-state index contributed by atoms with van der Waals surface area (Å²) in [7, 11) is 0. The molecule has 1 aromatic carbocycles. The van der Waals surface area contributed by atoms with E-state index in [1.165, 1.54) is 12.4 Å². The van der Waals surface area contributed by atoms with Crippen molar-refractivity contribution >= 4 is 59.0 Å². The highest BCUT2D eigenvalue weighted by Gasteiger charge is 2.34. The van der Waals surface area contributed by atoms with Crippen LogP contribution in [0.25, 0.3) is 5.65 Å². The Morgan fingerprint density at radius 3 is 2.49 bits per heavy atom. The summed E-state index contributed by atoms with van der Waals surface area (Å²) in [6.45, 7) is 3.60. The van der Waals surface area contributed by atoms with E-state index in [2.05, 4.69) is 35.5 Å². The number of benzene rings is 1. The van der Waals surface area contributed by atoms with Crippen molar-refractivity contribution in [2.45, 2.75) is 37.8 Å². The lowest BCUT2D eigenvalue weighted by molar-refractivity contribution is 0.0999. The first-order chi connectivity index (χ1) is 18.1. The molecule has 3 heterocycles. The second kappa shape index (κ2) is 9.71. The van der Waals surface area contributed by atoms with E-state index >= 15 is 0 Å². The molecule has 37 heavy (non-hydrogen) atoms. The topological polar surface area (TPSA) is 145 Å². The molecule has 0 radical (unpaired) electrons.